The number of piperidine rings is 1. The standard InChI is InChI=1S/C26H33N3O5S/c1-2-33-12-13-34-14-15-35(31,32)29-10-8-20(9-11-29)24-18-28-25-22(24)16-21(17-23(25)26(27)30)19-6-4-3-5-7-19/h3-7,16-18,20,28H,2,8-15H2,1H3,(H2,27,30). The molecule has 0 aliphatic carbocycles. The van der Waals surface area contributed by atoms with E-state index >= 15 is 0 Å². The summed E-state index contributed by atoms with van der Waals surface area (Å²) in [6, 6.07) is 13.8. The second kappa shape index (κ2) is 11.3. The summed E-state index contributed by atoms with van der Waals surface area (Å²) in [5.74, 6) is -0.325. The van der Waals surface area contributed by atoms with Gasteiger partial charge in [-0.05, 0) is 54.5 Å². The van der Waals surface area contributed by atoms with Crippen molar-refractivity contribution in [1.29, 1.82) is 0 Å². The molecule has 9 heteroatoms. The number of carbonyl (C=O) groups excluding carboxylic acids is 1. The van der Waals surface area contributed by atoms with Crippen LogP contribution in [0.1, 0.15) is 41.6 Å². The van der Waals surface area contributed by atoms with E-state index in [4.69, 9.17) is 15.2 Å². The average Bonchev–Trinajstić information content (AvgIpc) is 3.30. The molecule has 8 nitrogen and oxygen atoms in total. The molecule has 1 aliphatic rings. The Morgan fingerprint density at radius 2 is 1.77 bits per heavy atom. The largest absolute Gasteiger partial charge is 0.379 e. The molecule has 0 radical (unpaired) electrons. The van der Waals surface area contributed by atoms with Gasteiger partial charge in [-0.25, -0.2) is 12.7 Å². The molecule has 35 heavy (non-hydrogen) atoms. The third kappa shape index (κ3) is 5.92. The molecule has 0 saturated carbocycles. The zero-order chi connectivity index (χ0) is 24.8. The van der Waals surface area contributed by atoms with Crippen molar-refractivity contribution in [3.05, 3.63) is 59.8 Å². The van der Waals surface area contributed by atoms with Crippen LogP contribution in [0, 0.1) is 0 Å². The van der Waals surface area contributed by atoms with Crippen molar-refractivity contribution in [3.8, 4) is 11.1 Å². The van der Waals surface area contributed by atoms with Crippen LogP contribution in [0.15, 0.2) is 48.7 Å². The van der Waals surface area contributed by atoms with Crippen LogP contribution >= 0.6 is 0 Å². The van der Waals surface area contributed by atoms with E-state index in [-0.39, 0.29) is 18.3 Å². The smallest absolute Gasteiger partial charge is 0.250 e. The lowest BCUT2D eigenvalue weighted by Gasteiger charge is -2.31. The van der Waals surface area contributed by atoms with Crippen molar-refractivity contribution < 1.29 is 22.7 Å². The Hall–Kier alpha value is -2.72. The number of aromatic amines is 1. The maximum Gasteiger partial charge on any atom is 0.250 e. The van der Waals surface area contributed by atoms with Gasteiger partial charge in [-0.1, -0.05) is 30.3 Å². The number of nitrogens with two attached hydrogens (primary N) is 1. The second-order valence-electron chi connectivity index (χ2n) is 8.72. The molecule has 0 bridgehead atoms. The van der Waals surface area contributed by atoms with Gasteiger partial charge in [-0.2, -0.15) is 0 Å². The first-order chi connectivity index (χ1) is 16.9. The molecule has 2 aromatic carbocycles. The van der Waals surface area contributed by atoms with Gasteiger partial charge in [0.05, 0.1) is 36.7 Å². The minimum Gasteiger partial charge on any atom is -0.379 e. The third-order valence-electron chi connectivity index (χ3n) is 6.54. The molecule has 0 unspecified atom stereocenters. The van der Waals surface area contributed by atoms with Gasteiger partial charge in [0.25, 0.3) is 5.91 Å². The number of sulfonamides is 1. The van der Waals surface area contributed by atoms with E-state index in [0.29, 0.717) is 51.3 Å². The Balaban J connectivity index is 1.47. The number of nitrogens with one attached hydrogen (secondary N) is 1. The molecular weight excluding hydrogens is 466 g/mol. The highest BCUT2D eigenvalue weighted by Crippen LogP contribution is 2.37. The monoisotopic (exact) mass is 499 g/mol. The van der Waals surface area contributed by atoms with Crippen molar-refractivity contribution >= 4 is 26.8 Å². The number of aromatic nitrogens is 1. The lowest BCUT2D eigenvalue weighted by atomic mass is 9.88. The van der Waals surface area contributed by atoms with Crippen LogP contribution in [-0.2, 0) is 19.5 Å². The highest BCUT2D eigenvalue weighted by Gasteiger charge is 2.30. The van der Waals surface area contributed by atoms with Gasteiger partial charge < -0.3 is 20.2 Å². The second-order valence-corrected chi connectivity index (χ2v) is 10.8. The number of hydrogen-bond donors (Lipinski definition) is 2. The Kier molecular flexibility index (Phi) is 8.22. The molecule has 1 fully saturated rings. The molecular formula is C26H33N3O5S. The summed E-state index contributed by atoms with van der Waals surface area (Å²) in [7, 11) is -3.37. The lowest BCUT2D eigenvalue weighted by molar-refractivity contribution is 0.0587. The summed E-state index contributed by atoms with van der Waals surface area (Å²) in [6.07, 6.45) is 3.35. The van der Waals surface area contributed by atoms with Crippen LogP contribution in [-0.4, -0.2) is 68.9 Å². The van der Waals surface area contributed by atoms with Gasteiger partial charge in [-0.3, -0.25) is 4.79 Å². The topological polar surface area (TPSA) is 115 Å². The first kappa shape index (κ1) is 25.4. The van der Waals surface area contributed by atoms with E-state index in [0.717, 1.165) is 27.6 Å². The van der Waals surface area contributed by atoms with Crippen molar-refractivity contribution in [1.82, 2.24) is 9.29 Å². The van der Waals surface area contributed by atoms with E-state index in [1.165, 1.54) is 0 Å². The van der Waals surface area contributed by atoms with Gasteiger partial charge >= 0.3 is 0 Å². The normalized spacial score (nSPS) is 15.6. The molecule has 188 valence electrons. The third-order valence-corrected chi connectivity index (χ3v) is 8.38. The minimum absolute atomic E-state index is 0.0285. The number of benzene rings is 2. The van der Waals surface area contributed by atoms with Crippen LogP contribution in [0.5, 0.6) is 0 Å². The fraction of sp³-hybridized carbons (Fsp3) is 0.423. The first-order valence-corrected chi connectivity index (χ1v) is 13.6. The summed E-state index contributed by atoms with van der Waals surface area (Å²) in [4.78, 5) is 15.5. The molecule has 0 spiro atoms. The predicted octanol–water partition coefficient (Wildman–Crippen LogP) is 3.50. The van der Waals surface area contributed by atoms with Crippen molar-refractivity contribution in [2.75, 3.05) is 45.3 Å². The number of carbonyl (C=O) groups is 1. The number of ether oxygens (including phenoxy) is 2. The van der Waals surface area contributed by atoms with Crippen LogP contribution in [0.4, 0.5) is 0 Å². The van der Waals surface area contributed by atoms with E-state index < -0.39 is 15.9 Å². The fourth-order valence-electron chi connectivity index (χ4n) is 4.68. The van der Waals surface area contributed by atoms with Crippen molar-refractivity contribution in [3.63, 3.8) is 0 Å². The number of H-pyrrole nitrogens is 1. The zero-order valence-corrected chi connectivity index (χ0v) is 20.9. The highest BCUT2D eigenvalue weighted by atomic mass is 32.2. The Morgan fingerprint density at radius 1 is 1.06 bits per heavy atom. The van der Waals surface area contributed by atoms with Gasteiger partial charge in [0, 0.05) is 31.3 Å². The van der Waals surface area contributed by atoms with Crippen LogP contribution in [0.3, 0.4) is 0 Å². The molecule has 3 aromatic rings. The zero-order valence-electron chi connectivity index (χ0n) is 20.0. The molecule has 3 N–H and O–H groups in total. The molecule has 1 saturated heterocycles. The quantitative estimate of drug-likeness (QED) is 0.392. The molecule has 1 amide bonds. The number of rotatable bonds is 11. The fourth-order valence-corrected chi connectivity index (χ4v) is 6.04. The minimum atomic E-state index is -3.37. The molecule has 2 heterocycles. The summed E-state index contributed by atoms with van der Waals surface area (Å²) >= 11 is 0. The molecule has 1 aromatic heterocycles. The van der Waals surface area contributed by atoms with E-state index in [1.54, 1.807) is 4.31 Å². The van der Waals surface area contributed by atoms with Gasteiger partial charge in [0.1, 0.15) is 0 Å². The van der Waals surface area contributed by atoms with E-state index in [9.17, 15) is 13.2 Å². The Morgan fingerprint density at radius 3 is 2.46 bits per heavy atom. The number of primary amides is 1. The SMILES string of the molecule is CCOCCOCCS(=O)(=O)N1CCC(c2c[nH]c3c(C(N)=O)cc(-c4ccccc4)cc23)CC1. The Labute approximate surface area is 206 Å². The highest BCUT2D eigenvalue weighted by molar-refractivity contribution is 7.89. The number of nitrogens with zero attached hydrogens (tertiary/aromatic N) is 1. The number of fused-ring (bicyclic) bond motifs is 1. The lowest BCUT2D eigenvalue weighted by Crippen LogP contribution is -2.40. The van der Waals surface area contributed by atoms with E-state index in [2.05, 4.69) is 11.1 Å². The summed E-state index contributed by atoms with van der Waals surface area (Å²) in [5.41, 5.74) is 9.92. The summed E-state index contributed by atoms with van der Waals surface area (Å²) in [6.45, 7) is 4.46. The predicted molar refractivity (Wildman–Crippen MR) is 137 cm³/mol. The first-order valence-electron chi connectivity index (χ1n) is 12.0. The average molecular weight is 500 g/mol. The van der Waals surface area contributed by atoms with Crippen LogP contribution in [0.25, 0.3) is 22.0 Å². The van der Waals surface area contributed by atoms with Crippen molar-refractivity contribution in [2.45, 2.75) is 25.7 Å². The van der Waals surface area contributed by atoms with Crippen molar-refractivity contribution in [2.24, 2.45) is 5.73 Å². The van der Waals surface area contributed by atoms with Crippen LogP contribution in [0.2, 0.25) is 0 Å². The number of hydrogen-bond acceptors (Lipinski definition) is 5. The Bertz CT molecular complexity index is 1250. The number of amides is 1. The van der Waals surface area contributed by atoms with E-state index in [1.807, 2.05) is 49.5 Å². The van der Waals surface area contributed by atoms with Gasteiger partial charge in [0.15, 0.2) is 0 Å². The molecule has 1 aliphatic heterocycles. The maximum atomic E-state index is 12.8. The van der Waals surface area contributed by atoms with Gasteiger partial charge in [0.2, 0.25) is 10.0 Å². The molecule has 0 atom stereocenters. The van der Waals surface area contributed by atoms with Crippen LogP contribution < -0.4 is 5.73 Å². The maximum absolute atomic E-state index is 12.8. The summed E-state index contributed by atoms with van der Waals surface area (Å²) < 4.78 is 37.7. The summed E-state index contributed by atoms with van der Waals surface area (Å²) in [5, 5.41) is 0.962. The van der Waals surface area contributed by atoms with Gasteiger partial charge in [-0.15, -0.1) is 0 Å². The molecule has 4 rings (SSSR count).